The molecule has 7 heteroatoms. The Kier molecular flexibility index (Phi) is 4.67. The van der Waals surface area contributed by atoms with Crippen molar-refractivity contribution in [3.63, 3.8) is 0 Å². The zero-order valence-electron chi connectivity index (χ0n) is 11.3. The first-order valence-corrected chi connectivity index (χ1v) is 8.69. The number of carbonyl (C=O) groups excluding carboxylic acids is 1. The molecule has 0 saturated carbocycles. The number of amides is 1. The van der Waals surface area contributed by atoms with Gasteiger partial charge in [-0.1, -0.05) is 12.1 Å². The molecule has 0 radical (unpaired) electrons. The van der Waals surface area contributed by atoms with Crippen LogP contribution in [-0.4, -0.2) is 56.0 Å². The van der Waals surface area contributed by atoms with Crippen molar-refractivity contribution in [2.45, 2.75) is 5.88 Å². The molecule has 20 heavy (non-hydrogen) atoms. The van der Waals surface area contributed by atoms with Crippen LogP contribution in [0.5, 0.6) is 0 Å². The van der Waals surface area contributed by atoms with Crippen LogP contribution in [-0.2, 0) is 15.9 Å². The number of nitrogens with zero attached hydrogens (tertiary/aromatic N) is 2. The van der Waals surface area contributed by atoms with E-state index in [0.29, 0.717) is 37.6 Å². The monoisotopic (exact) mass is 316 g/mol. The minimum absolute atomic E-state index is 0.0701. The average Bonchev–Trinajstić information content (AvgIpc) is 2.46. The molecule has 1 amide bonds. The fourth-order valence-corrected chi connectivity index (χ4v) is 3.15. The van der Waals surface area contributed by atoms with E-state index in [1.807, 2.05) is 12.1 Å². The summed E-state index contributed by atoms with van der Waals surface area (Å²) in [5, 5.41) is 0. The lowest BCUT2D eigenvalue weighted by Gasteiger charge is -2.33. The van der Waals surface area contributed by atoms with E-state index < -0.39 is 10.0 Å². The lowest BCUT2D eigenvalue weighted by atomic mass is 10.1. The largest absolute Gasteiger partial charge is 0.336 e. The standard InChI is InChI=1S/C13H17ClN2O3S/c1-20(18,19)16-8-6-15(7-9-16)13(17)12-4-2-11(10-14)3-5-12/h2-5H,6-10H2,1H3. The topological polar surface area (TPSA) is 57.7 Å². The van der Waals surface area contributed by atoms with Gasteiger partial charge in [0.2, 0.25) is 10.0 Å². The van der Waals surface area contributed by atoms with Crippen LogP contribution >= 0.6 is 11.6 Å². The van der Waals surface area contributed by atoms with Crippen molar-refractivity contribution in [1.82, 2.24) is 9.21 Å². The summed E-state index contributed by atoms with van der Waals surface area (Å²) in [4.78, 5) is 14.0. The van der Waals surface area contributed by atoms with Gasteiger partial charge < -0.3 is 4.90 Å². The van der Waals surface area contributed by atoms with E-state index in [1.165, 1.54) is 10.6 Å². The molecule has 1 fully saturated rings. The molecular formula is C13H17ClN2O3S. The van der Waals surface area contributed by atoms with Gasteiger partial charge in [-0.15, -0.1) is 11.6 Å². The lowest BCUT2D eigenvalue weighted by Crippen LogP contribution is -2.50. The van der Waals surface area contributed by atoms with Gasteiger partial charge in [0.05, 0.1) is 6.26 Å². The molecule has 0 N–H and O–H groups in total. The molecule has 0 aromatic heterocycles. The number of sulfonamides is 1. The van der Waals surface area contributed by atoms with E-state index in [4.69, 9.17) is 11.6 Å². The maximum Gasteiger partial charge on any atom is 0.253 e. The molecule has 5 nitrogen and oxygen atoms in total. The first-order chi connectivity index (χ1) is 9.41. The molecule has 1 saturated heterocycles. The maximum atomic E-state index is 12.3. The number of alkyl halides is 1. The average molecular weight is 317 g/mol. The zero-order valence-corrected chi connectivity index (χ0v) is 12.8. The number of hydrogen-bond donors (Lipinski definition) is 0. The third kappa shape index (κ3) is 3.50. The SMILES string of the molecule is CS(=O)(=O)N1CCN(C(=O)c2ccc(CCl)cc2)CC1. The lowest BCUT2D eigenvalue weighted by molar-refractivity contribution is 0.0698. The van der Waals surface area contributed by atoms with E-state index in [2.05, 4.69) is 0 Å². The van der Waals surface area contributed by atoms with Gasteiger partial charge in [0.15, 0.2) is 0 Å². The fraction of sp³-hybridized carbons (Fsp3) is 0.462. The molecule has 2 rings (SSSR count). The first kappa shape index (κ1) is 15.3. The minimum Gasteiger partial charge on any atom is -0.336 e. The van der Waals surface area contributed by atoms with E-state index >= 15 is 0 Å². The summed E-state index contributed by atoms with van der Waals surface area (Å²) in [5.41, 5.74) is 1.57. The van der Waals surface area contributed by atoms with E-state index in [9.17, 15) is 13.2 Å². The third-order valence-corrected chi connectivity index (χ3v) is 4.96. The highest BCUT2D eigenvalue weighted by atomic mass is 35.5. The van der Waals surface area contributed by atoms with Crippen molar-refractivity contribution < 1.29 is 13.2 Å². The van der Waals surface area contributed by atoms with Gasteiger partial charge >= 0.3 is 0 Å². The van der Waals surface area contributed by atoms with Crippen molar-refractivity contribution in [3.8, 4) is 0 Å². The van der Waals surface area contributed by atoms with Crippen molar-refractivity contribution in [2.75, 3.05) is 32.4 Å². The summed E-state index contributed by atoms with van der Waals surface area (Å²) < 4.78 is 24.2. The molecule has 1 aliphatic rings. The molecule has 0 spiro atoms. The predicted octanol–water partition coefficient (Wildman–Crippen LogP) is 1.14. The first-order valence-electron chi connectivity index (χ1n) is 6.31. The van der Waals surface area contributed by atoms with Gasteiger partial charge in [-0.2, -0.15) is 4.31 Å². The second-order valence-electron chi connectivity index (χ2n) is 4.78. The highest BCUT2D eigenvalue weighted by Crippen LogP contribution is 2.12. The number of carbonyl (C=O) groups is 1. The van der Waals surface area contributed by atoms with E-state index in [0.717, 1.165) is 5.56 Å². The summed E-state index contributed by atoms with van der Waals surface area (Å²) in [5.74, 6) is 0.348. The Labute approximate surface area is 124 Å². The molecule has 0 aliphatic carbocycles. The summed E-state index contributed by atoms with van der Waals surface area (Å²) in [7, 11) is -3.17. The van der Waals surface area contributed by atoms with Crippen LogP contribution in [0.15, 0.2) is 24.3 Å². The Morgan fingerprint density at radius 3 is 2.15 bits per heavy atom. The van der Waals surface area contributed by atoms with Crippen LogP contribution in [0.25, 0.3) is 0 Å². The number of hydrogen-bond acceptors (Lipinski definition) is 3. The number of halogens is 1. The normalized spacial score (nSPS) is 17.2. The molecule has 1 aliphatic heterocycles. The van der Waals surface area contributed by atoms with Gasteiger partial charge in [-0.3, -0.25) is 4.79 Å². The molecule has 0 unspecified atom stereocenters. The Hall–Kier alpha value is -1.11. The summed E-state index contributed by atoms with van der Waals surface area (Å²) >= 11 is 5.71. The fourth-order valence-electron chi connectivity index (χ4n) is 2.14. The second-order valence-corrected chi connectivity index (χ2v) is 7.03. The van der Waals surface area contributed by atoms with Crippen LogP contribution in [0.3, 0.4) is 0 Å². The van der Waals surface area contributed by atoms with Crippen molar-refractivity contribution in [2.24, 2.45) is 0 Å². The minimum atomic E-state index is -3.17. The molecule has 0 atom stereocenters. The van der Waals surface area contributed by atoms with Crippen LogP contribution < -0.4 is 0 Å². The van der Waals surface area contributed by atoms with Gasteiger partial charge in [0.25, 0.3) is 5.91 Å². The van der Waals surface area contributed by atoms with Crippen LogP contribution in [0.4, 0.5) is 0 Å². The third-order valence-electron chi connectivity index (χ3n) is 3.35. The molecule has 1 heterocycles. The summed E-state index contributed by atoms with van der Waals surface area (Å²) in [6.07, 6.45) is 1.19. The van der Waals surface area contributed by atoms with Crippen LogP contribution in [0.2, 0.25) is 0 Å². The predicted molar refractivity (Wildman–Crippen MR) is 78.3 cm³/mol. The quantitative estimate of drug-likeness (QED) is 0.786. The van der Waals surface area contributed by atoms with Crippen LogP contribution in [0.1, 0.15) is 15.9 Å². The number of piperazine rings is 1. The Morgan fingerprint density at radius 2 is 1.70 bits per heavy atom. The smallest absolute Gasteiger partial charge is 0.253 e. The van der Waals surface area contributed by atoms with Gasteiger partial charge in [-0.05, 0) is 17.7 Å². The van der Waals surface area contributed by atoms with Crippen molar-refractivity contribution in [1.29, 1.82) is 0 Å². The molecule has 1 aromatic rings. The van der Waals surface area contributed by atoms with Crippen LogP contribution in [0, 0.1) is 0 Å². The van der Waals surface area contributed by atoms with Crippen molar-refractivity contribution in [3.05, 3.63) is 35.4 Å². The maximum absolute atomic E-state index is 12.3. The van der Waals surface area contributed by atoms with E-state index in [1.54, 1.807) is 17.0 Å². The Morgan fingerprint density at radius 1 is 1.15 bits per heavy atom. The van der Waals surface area contributed by atoms with Gasteiger partial charge in [0, 0.05) is 37.6 Å². The van der Waals surface area contributed by atoms with E-state index in [-0.39, 0.29) is 5.91 Å². The summed E-state index contributed by atoms with van der Waals surface area (Å²) in [6.45, 7) is 1.54. The molecule has 1 aromatic carbocycles. The second kappa shape index (κ2) is 6.11. The molecular weight excluding hydrogens is 300 g/mol. The molecule has 0 bridgehead atoms. The molecule has 110 valence electrons. The number of rotatable bonds is 3. The highest BCUT2D eigenvalue weighted by Gasteiger charge is 2.26. The summed E-state index contributed by atoms with van der Waals surface area (Å²) in [6, 6.07) is 7.16. The Balaban J connectivity index is 2.01. The zero-order chi connectivity index (χ0) is 14.8. The van der Waals surface area contributed by atoms with Crippen molar-refractivity contribution >= 4 is 27.5 Å². The number of benzene rings is 1. The van der Waals surface area contributed by atoms with Gasteiger partial charge in [0.1, 0.15) is 0 Å². The van der Waals surface area contributed by atoms with Gasteiger partial charge in [-0.25, -0.2) is 8.42 Å². The Bertz CT molecular complexity index is 578. The highest BCUT2D eigenvalue weighted by molar-refractivity contribution is 7.88.